The highest BCUT2D eigenvalue weighted by molar-refractivity contribution is 7.13. The number of aliphatic hydroxyl groups excluding tert-OH is 1. The van der Waals surface area contributed by atoms with Crippen molar-refractivity contribution in [3.05, 3.63) is 21.9 Å². The van der Waals surface area contributed by atoms with Crippen LogP contribution in [-0.4, -0.2) is 24.2 Å². The molecule has 0 radical (unpaired) electrons. The van der Waals surface area contributed by atoms with E-state index in [9.17, 15) is 4.79 Å². The molecule has 1 aromatic rings. The number of rotatable bonds is 5. The Bertz CT molecular complexity index is 296. The fourth-order valence-corrected chi connectivity index (χ4v) is 1.87. The van der Waals surface area contributed by atoms with Crippen LogP contribution in [0.3, 0.4) is 0 Å². The second kappa shape index (κ2) is 5.78. The normalized spacial score (nSPS) is 10.1. The number of aliphatic hydroxyl groups is 1. The van der Waals surface area contributed by atoms with Crippen LogP contribution in [0.5, 0.6) is 0 Å². The number of hydrogen-bond donors (Lipinski definition) is 2. The fraction of sp³-hybridized carbons (Fsp3) is 0.500. The smallest absolute Gasteiger partial charge is 0.261 e. The van der Waals surface area contributed by atoms with Crippen molar-refractivity contribution in [3.8, 4) is 0 Å². The van der Waals surface area contributed by atoms with Gasteiger partial charge in [0.25, 0.3) is 5.91 Å². The van der Waals surface area contributed by atoms with Crippen molar-refractivity contribution in [1.29, 1.82) is 0 Å². The lowest BCUT2D eigenvalue weighted by atomic mass is 10.3. The minimum Gasteiger partial charge on any atom is -0.396 e. The standard InChI is InChI=1S/C10H15NO2S/c1-8-4-5-9(14-8)10(13)11-6-2-3-7-12/h4-5,12H,2-3,6-7H2,1H3,(H,11,13). The van der Waals surface area contributed by atoms with Crippen LogP contribution < -0.4 is 5.32 Å². The summed E-state index contributed by atoms with van der Waals surface area (Å²) in [6.07, 6.45) is 1.57. The van der Waals surface area contributed by atoms with Crippen LogP contribution in [0.4, 0.5) is 0 Å². The van der Waals surface area contributed by atoms with Crippen molar-refractivity contribution >= 4 is 17.2 Å². The molecule has 1 rings (SSSR count). The van der Waals surface area contributed by atoms with Gasteiger partial charge in [-0.15, -0.1) is 11.3 Å². The average molecular weight is 213 g/mol. The van der Waals surface area contributed by atoms with Gasteiger partial charge in [0.05, 0.1) is 4.88 Å². The molecule has 0 aromatic carbocycles. The maximum atomic E-state index is 11.5. The minimum absolute atomic E-state index is 0.0129. The number of amides is 1. The lowest BCUT2D eigenvalue weighted by Gasteiger charge is -2.01. The molecule has 1 heterocycles. The van der Waals surface area contributed by atoms with Crippen molar-refractivity contribution in [2.75, 3.05) is 13.2 Å². The summed E-state index contributed by atoms with van der Waals surface area (Å²) in [5.74, 6) is -0.0129. The summed E-state index contributed by atoms with van der Waals surface area (Å²) in [5.41, 5.74) is 0. The van der Waals surface area contributed by atoms with E-state index >= 15 is 0 Å². The van der Waals surface area contributed by atoms with Crippen LogP contribution in [0.25, 0.3) is 0 Å². The highest BCUT2D eigenvalue weighted by atomic mass is 32.1. The molecule has 0 unspecified atom stereocenters. The second-order valence-electron chi connectivity index (χ2n) is 3.10. The molecule has 1 aromatic heterocycles. The molecule has 0 saturated heterocycles. The highest BCUT2D eigenvalue weighted by Crippen LogP contribution is 2.14. The van der Waals surface area contributed by atoms with E-state index in [1.165, 1.54) is 11.3 Å². The first-order valence-corrected chi connectivity index (χ1v) is 5.51. The highest BCUT2D eigenvalue weighted by Gasteiger charge is 2.06. The second-order valence-corrected chi connectivity index (χ2v) is 4.38. The Labute approximate surface area is 87.8 Å². The molecule has 0 fully saturated rings. The molecule has 0 saturated carbocycles. The molecule has 1 amide bonds. The number of carbonyl (C=O) groups is 1. The van der Waals surface area contributed by atoms with E-state index in [1.807, 2.05) is 19.1 Å². The third kappa shape index (κ3) is 3.47. The quantitative estimate of drug-likeness (QED) is 0.729. The third-order valence-electron chi connectivity index (χ3n) is 1.83. The number of unbranched alkanes of at least 4 members (excludes halogenated alkanes) is 1. The predicted molar refractivity (Wildman–Crippen MR) is 57.7 cm³/mol. The molecule has 3 nitrogen and oxygen atoms in total. The molecule has 78 valence electrons. The minimum atomic E-state index is -0.0129. The zero-order valence-electron chi connectivity index (χ0n) is 8.25. The molecular formula is C10H15NO2S. The van der Waals surface area contributed by atoms with E-state index in [2.05, 4.69) is 5.32 Å². The van der Waals surface area contributed by atoms with Crippen molar-refractivity contribution < 1.29 is 9.90 Å². The lowest BCUT2D eigenvalue weighted by molar-refractivity contribution is 0.0956. The Morgan fingerprint density at radius 2 is 2.29 bits per heavy atom. The van der Waals surface area contributed by atoms with E-state index in [0.717, 1.165) is 22.6 Å². The lowest BCUT2D eigenvalue weighted by Crippen LogP contribution is -2.23. The summed E-state index contributed by atoms with van der Waals surface area (Å²) in [6, 6.07) is 3.77. The first kappa shape index (κ1) is 11.2. The molecule has 0 atom stereocenters. The molecule has 0 aliphatic heterocycles. The molecule has 0 spiro atoms. The van der Waals surface area contributed by atoms with Crippen LogP contribution >= 0.6 is 11.3 Å². The van der Waals surface area contributed by atoms with Gasteiger partial charge in [0, 0.05) is 18.0 Å². The Hall–Kier alpha value is -0.870. The zero-order chi connectivity index (χ0) is 10.4. The van der Waals surface area contributed by atoms with Gasteiger partial charge < -0.3 is 10.4 Å². The Morgan fingerprint density at radius 3 is 2.86 bits per heavy atom. The fourth-order valence-electron chi connectivity index (χ4n) is 1.08. The van der Waals surface area contributed by atoms with Crippen LogP contribution in [0.1, 0.15) is 27.4 Å². The molecule has 14 heavy (non-hydrogen) atoms. The molecule has 0 bridgehead atoms. The van der Waals surface area contributed by atoms with E-state index in [-0.39, 0.29) is 12.5 Å². The Balaban J connectivity index is 2.29. The maximum Gasteiger partial charge on any atom is 0.261 e. The number of thiophene rings is 1. The zero-order valence-corrected chi connectivity index (χ0v) is 9.06. The number of nitrogens with one attached hydrogen (secondary N) is 1. The van der Waals surface area contributed by atoms with Gasteiger partial charge in [-0.25, -0.2) is 0 Å². The van der Waals surface area contributed by atoms with Gasteiger partial charge in [-0.1, -0.05) is 0 Å². The van der Waals surface area contributed by atoms with Crippen LogP contribution in [0, 0.1) is 6.92 Å². The maximum absolute atomic E-state index is 11.5. The molecule has 0 aliphatic rings. The van der Waals surface area contributed by atoms with Crippen molar-refractivity contribution in [3.63, 3.8) is 0 Å². The van der Waals surface area contributed by atoms with Gasteiger partial charge in [-0.05, 0) is 31.9 Å². The van der Waals surface area contributed by atoms with Crippen molar-refractivity contribution in [1.82, 2.24) is 5.32 Å². The number of carbonyl (C=O) groups excluding carboxylic acids is 1. The number of hydrogen-bond acceptors (Lipinski definition) is 3. The number of aryl methyl sites for hydroxylation is 1. The SMILES string of the molecule is Cc1ccc(C(=O)NCCCCO)s1. The van der Waals surface area contributed by atoms with E-state index in [4.69, 9.17) is 5.11 Å². The molecular weight excluding hydrogens is 198 g/mol. The molecule has 4 heteroatoms. The average Bonchev–Trinajstić information content (AvgIpc) is 2.59. The van der Waals surface area contributed by atoms with E-state index in [0.29, 0.717) is 6.54 Å². The van der Waals surface area contributed by atoms with Crippen LogP contribution in [-0.2, 0) is 0 Å². The van der Waals surface area contributed by atoms with Gasteiger partial charge in [0.15, 0.2) is 0 Å². The first-order chi connectivity index (χ1) is 6.74. The summed E-state index contributed by atoms with van der Waals surface area (Å²) < 4.78 is 0. The van der Waals surface area contributed by atoms with Crippen LogP contribution in [0.15, 0.2) is 12.1 Å². The van der Waals surface area contributed by atoms with E-state index < -0.39 is 0 Å². The van der Waals surface area contributed by atoms with Crippen molar-refractivity contribution in [2.24, 2.45) is 0 Å². The summed E-state index contributed by atoms with van der Waals surface area (Å²) in [6.45, 7) is 2.80. The Kier molecular flexibility index (Phi) is 4.62. The summed E-state index contributed by atoms with van der Waals surface area (Å²) in [4.78, 5) is 13.4. The predicted octanol–water partition coefficient (Wildman–Crippen LogP) is 1.56. The Morgan fingerprint density at radius 1 is 1.50 bits per heavy atom. The van der Waals surface area contributed by atoms with Crippen molar-refractivity contribution in [2.45, 2.75) is 19.8 Å². The molecule has 2 N–H and O–H groups in total. The summed E-state index contributed by atoms with van der Waals surface area (Å²) in [7, 11) is 0. The van der Waals surface area contributed by atoms with Gasteiger partial charge in [-0.3, -0.25) is 4.79 Å². The van der Waals surface area contributed by atoms with Crippen LogP contribution in [0.2, 0.25) is 0 Å². The topological polar surface area (TPSA) is 49.3 Å². The monoisotopic (exact) mass is 213 g/mol. The van der Waals surface area contributed by atoms with Gasteiger partial charge >= 0.3 is 0 Å². The summed E-state index contributed by atoms with van der Waals surface area (Å²) in [5, 5.41) is 11.3. The van der Waals surface area contributed by atoms with Gasteiger partial charge in [0.2, 0.25) is 0 Å². The third-order valence-corrected chi connectivity index (χ3v) is 2.83. The largest absolute Gasteiger partial charge is 0.396 e. The molecule has 0 aliphatic carbocycles. The first-order valence-electron chi connectivity index (χ1n) is 4.69. The van der Waals surface area contributed by atoms with Gasteiger partial charge in [-0.2, -0.15) is 0 Å². The van der Waals surface area contributed by atoms with E-state index in [1.54, 1.807) is 0 Å². The summed E-state index contributed by atoms with van der Waals surface area (Å²) >= 11 is 1.50. The van der Waals surface area contributed by atoms with Gasteiger partial charge in [0.1, 0.15) is 0 Å².